The average molecular weight is 360 g/mol. The van der Waals surface area contributed by atoms with E-state index in [1.165, 1.54) is 11.4 Å². The highest BCUT2D eigenvalue weighted by Gasteiger charge is 2.34. The molecule has 0 radical (unpaired) electrons. The predicted octanol–water partition coefficient (Wildman–Crippen LogP) is 3.31. The van der Waals surface area contributed by atoms with Crippen LogP contribution in [0.1, 0.15) is 34.8 Å². The summed E-state index contributed by atoms with van der Waals surface area (Å²) in [6, 6.07) is 6.89. The first-order chi connectivity index (χ1) is 12.1. The van der Waals surface area contributed by atoms with Crippen molar-refractivity contribution in [3.05, 3.63) is 50.9 Å². The largest absolute Gasteiger partial charge is 0.486 e. The number of thiophene rings is 1. The van der Waals surface area contributed by atoms with Crippen molar-refractivity contribution in [2.75, 3.05) is 13.2 Å². The minimum atomic E-state index is -0.485. The van der Waals surface area contributed by atoms with Gasteiger partial charge in [-0.1, -0.05) is 17.4 Å². The summed E-state index contributed by atoms with van der Waals surface area (Å²) in [5.41, 5.74) is 1.28. The van der Waals surface area contributed by atoms with Crippen molar-refractivity contribution in [2.24, 2.45) is 5.92 Å². The Balaban J connectivity index is 1.55. The molecule has 2 heterocycles. The third-order valence-corrected chi connectivity index (χ3v) is 5.21. The molecule has 1 aliphatic heterocycles. The molecule has 0 spiro atoms. The summed E-state index contributed by atoms with van der Waals surface area (Å²) >= 11 is 0.955. The number of fused-ring (bicyclic) bond motifs is 1. The SMILES string of the molecule is O=C(N[C@@H](c1ccc2c(c1)OCCO2)C1CC1)c1csc([N+](=O)[O-])c1. The first-order valence-corrected chi connectivity index (χ1v) is 8.93. The van der Waals surface area contributed by atoms with E-state index in [0.29, 0.717) is 36.2 Å². The van der Waals surface area contributed by atoms with Crippen molar-refractivity contribution >= 4 is 22.2 Å². The summed E-state index contributed by atoms with van der Waals surface area (Å²) in [6.07, 6.45) is 2.09. The molecule has 2 aromatic rings. The van der Waals surface area contributed by atoms with E-state index < -0.39 is 4.92 Å². The number of nitrogens with zero attached hydrogens (tertiary/aromatic N) is 1. The molecule has 1 aromatic heterocycles. The summed E-state index contributed by atoms with van der Waals surface area (Å²) < 4.78 is 11.2. The Morgan fingerprint density at radius 1 is 1.24 bits per heavy atom. The second kappa shape index (κ2) is 6.36. The third kappa shape index (κ3) is 3.30. The standard InChI is InChI=1S/C17H16N2O5S/c20-17(12-8-15(19(21)22)25-9-12)18-16(10-1-2-10)11-3-4-13-14(7-11)24-6-5-23-13/h3-4,7-10,16H,1-2,5-6H2,(H,18,20)/t16-/m1/s1. The van der Waals surface area contributed by atoms with Gasteiger partial charge in [0.1, 0.15) is 13.2 Å². The molecule has 130 valence electrons. The van der Waals surface area contributed by atoms with Crippen LogP contribution in [0.2, 0.25) is 0 Å². The van der Waals surface area contributed by atoms with Crippen LogP contribution in [0.25, 0.3) is 0 Å². The molecule has 4 rings (SSSR count). The van der Waals surface area contributed by atoms with Gasteiger partial charge < -0.3 is 14.8 Å². The first kappa shape index (κ1) is 15.9. The Morgan fingerprint density at radius 3 is 2.68 bits per heavy atom. The molecule has 1 atom stereocenters. The maximum atomic E-state index is 12.5. The van der Waals surface area contributed by atoms with E-state index in [-0.39, 0.29) is 17.0 Å². The number of rotatable bonds is 5. The lowest BCUT2D eigenvalue weighted by atomic mass is 10.0. The fourth-order valence-corrected chi connectivity index (χ4v) is 3.62. The number of nitrogens with one attached hydrogen (secondary N) is 1. The third-order valence-electron chi connectivity index (χ3n) is 4.33. The summed E-state index contributed by atoms with van der Waals surface area (Å²) in [7, 11) is 0. The number of carbonyl (C=O) groups excluding carboxylic acids is 1. The Kier molecular flexibility index (Phi) is 4.04. The van der Waals surface area contributed by atoms with E-state index in [9.17, 15) is 14.9 Å². The predicted molar refractivity (Wildman–Crippen MR) is 91.3 cm³/mol. The Labute approximate surface area is 147 Å². The van der Waals surface area contributed by atoms with Gasteiger partial charge in [-0.25, -0.2) is 0 Å². The molecule has 0 unspecified atom stereocenters. The Morgan fingerprint density at radius 2 is 2.00 bits per heavy atom. The molecule has 1 N–H and O–H groups in total. The van der Waals surface area contributed by atoms with Gasteiger partial charge in [-0.3, -0.25) is 14.9 Å². The summed E-state index contributed by atoms with van der Waals surface area (Å²) in [4.78, 5) is 22.8. The molecule has 1 aliphatic carbocycles. The molecule has 1 aromatic carbocycles. The van der Waals surface area contributed by atoms with Gasteiger partial charge in [0, 0.05) is 11.4 Å². The van der Waals surface area contributed by atoms with Crippen LogP contribution in [-0.2, 0) is 0 Å². The molecule has 0 saturated heterocycles. The minimum Gasteiger partial charge on any atom is -0.486 e. The molecule has 7 nitrogen and oxygen atoms in total. The Bertz CT molecular complexity index is 830. The lowest BCUT2D eigenvalue weighted by Gasteiger charge is -2.23. The van der Waals surface area contributed by atoms with Crippen molar-refractivity contribution in [1.82, 2.24) is 5.32 Å². The number of amides is 1. The maximum Gasteiger partial charge on any atom is 0.324 e. The zero-order valence-corrected chi connectivity index (χ0v) is 14.1. The van der Waals surface area contributed by atoms with Crippen molar-refractivity contribution in [3.63, 3.8) is 0 Å². The average Bonchev–Trinajstić information content (AvgIpc) is 3.33. The van der Waals surface area contributed by atoms with E-state index in [1.807, 2.05) is 18.2 Å². The van der Waals surface area contributed by atoms with Crippen molar-refractivity contribution < 1.29 is 19.2 Å². The zero-order valence-electron chi connectivity index (χ0n) is 13.3. The second-order valence-electron chi connectivity index (χ2n) is 6.12. The van der Waals surface area contributed by atoms with Gasteiger partial charge in [0.05, 0.1) is 16.5 Å². The van der Waals surface area contributed by atoms with E-state index in [1.54, 1.807) is 0 Å². The van der Waals surface area contributed by atoms with Gasteiger partial charge in [-0.05, 0) is 36.5 Å². The van der Waals surface area contributed by atoms with Gasteiger partial charge >= 0.3 is 5.00 Å². The molecule has 2 aliphatic rings. The van der Waals surface area contributed by atoms with Crippen LogP contribution in [0.5, 0.6) is 11.5 Å². The maximum absolute atomic E-state index is 12.5. The van der Waals surface area contributed by atoms with Crippen LogP contribution >= 0.6 is 11.3 Å². The van der Waals surface area contributed by atoms with E-state index in [0.717, 1.165) is 29.7 Å². The topological polar surface area (TPSA) is 90.7 Å². The van der Waals surface area contributed by atoms with Crippen molar-refractivity contribution in [1.29, 1.82) is 0 Å². The molecule has 1 saturated carbocycles. The summed E-state index contributed by atoms with van der Waals surface area (Å²) in [6.45, 7) is 1.04. The number of ether oxygens (including phenoxy) is 2. The van der Waals surface area contributed by atoms with Crippen LogP contribution in [0.3, 0.4) is 0 Å². The highest BCUT2D eigenvalue weighted by atomic mass is 32.1. The number of benzene rings is 1. The molecule has 25 heavy (non-hydrogen) atoms. The molecule has 8 heteroatoms. The highest BCUT2D eigenvalue weighted by Crippen LogP contribution is 2.43. The second-order valence-corrected chi connectivity index (χ2v) is 7.01. The lowest BCUT2D eigenvalue weighted by Crippen LogP contribution is -2.29. The molecule has 1 fully saturated rings. The number of nitro groups is 1. The lowest BCUT2D eigenvalue weighted by molar-refractivity contribution is -0.380. The number of carbonyl (C=O) groups is 1. The number of hydrogen-bond acceptors (Lipinski definition) is 6. The molecule has 1 amide bonds. The normalized spacial score (nSPS) is 17.0. The zero-order chi connectivity index (χ0) is 17.4. The summed E-state index contributed by atoms with van der Waals surface area (Å²) in [5, 5.41) is 15.3. The first-order valence-electron chi connectivity index (χ1n) is 8.05. The van der Waals surface area contributed by atoms with Crippen molar-refractivity contribution in [3.8, 4) is 11.5 Å². The highest BCUT2D eigenvalue weighted by molar-refractivity contribution is 7.13. The van der Waals surface area contributed by atoms with Gasteiger partial charge in [0.25, 0.3) is 5.91 Å². The minimum absolute atomic E-state index is 0.0348. The smallest absolute Gasteiger partial charge is 0.324 e. The fourth-order valence-electron chi connectivity index (χ4n) is 2.92. The van der Waals surface area contributed by atoms with E-state index >= 15 is 0 Å². The molecular formula is C17H16N2O5S. The van der Waals surface area contributed by atoms with Crippen LogP contribution < -0.4 is 14.8 Å². The van der Waals surface area contributed by atoms with Gasteiger partial charge in [0.15, 0.2) is 11.5 Å². The van der Waals surface area contributed by atoms with E-state index in [4.69, 9.17) is 9.47 Å². The molecule has 0 bridgehead atoms. The summed E-state index contributed by atoms with van der Waals surface area (Å²) in [5.74, 6) is 1.48. The van der Waals surface area contributed by atoms with Crippen LogP contribution in [-0.4, -0.2) is 24.0 Å². The van der Waals surface area contributed by atoms with Crippen molar-refractivity contribution in [2.45, 2.75) is 18.9 Å². The van der Waals surface area contributed by atoms with Gasteiger partial charge in [-0.15, -0.1) is 0 Å². The van der Waals surface area contributed by atoms with Crippen LogP contribution in [0.4, 0.5) is 5.00 Å². The van der Waals surface area contributed by atoms with Crippen LogP contribution in [0.15, 0.2) is 29.6 Å². The fraction of sp³-hybridized carbons (Fsp3) is 0.353. The van der Waals surface area contributed by atoms with Gasteiger partial charge in [-0.2, -0.15) is 0 Å². The van der Waals surface area contributed by atoms with E-state index in [2.05, 4.69) is 5.32 Å². The Hall–Kier alpha value is -2.61. The monoisotopic (exact) mass is 360 g/mol. The quantitative estimate of drug-likeness (QED) is 0.652. The van der Waals surface area contributed by atoms with Crippen LogP contribution in [0, 0.1) is 16.0 Å². The van der Waals surface area contributed by atoms with Gasteiger partial charge in [0.2, 0.25) is 0 Å². The molecular weight excluding hydrogens is 344 g/mol. The number of hydrogen-bond donors (Lipinski definition) is 1.